The van der Waals surface area contributed by atoms with Crippen molar-refractivity contribution in [2.75, 3.05) is 11.0 Å². The Morgan fingerprint density at radius 1 is 1.47 bits per heavy atom. The molecule has 0 aliphatic carbocycles. The van der Waals surface area contributed by atoms with E-state index in [4.69, 9.17) is 11.6 Å². The van der Waals surface area contributed by atoms with E-state index in [0.717, 1.165) is 6.26 Å². The Morgan fingerprint density at radius 3 is 2.53 bits per heavy atom. The zero-order valence-electron chi connectivity index (χ0n) is 8.38. The second-order valence-corrected chi connectivity index (χ2v) is 6.06. The third-order valence-electron chi connectivity index (χ3n) is 1.51. The molecule has 1 aromatic carbocycles. The lowest BCUT2D eigenvalue weighted by Gasteiger charge is -2.13. The molecule has 1 N–H and O–H groups in total. The van der Waals surface area contributed by atoms with Gasteiger partial charge in [-0.05, 0) is 28.1 Å². The van der Waals surface area contributed by atoms with E-state index < -0.39 is 16.6 Å². The zero-order valence-corrected chi connectivity index (χ0v) is 11.5. The van der Waals surface area contributed by atoms with Crippen LogP contribution in [0.3, 0.4) is 0 Å². The smallest absolute Gasteiger partial charge is 0.387 e. The number of hydrogen-bond donors (Lipinski definition) is 1. The molecular formula is C8H7BrClF2NO3S. The summed E-state index contributed by atoms with van der Waals surface area (Å²) >= 11 is 8.64. The average Bonchev–Trinajstić information content (AvgIpc) is 2.07. The van der Waals surface area contributed by atoms with Crippen molar-refractivity contribution in [1.82, 2.24) is 0 Å². The Labute approximate surface area is 110 Å². The molecule has 0 amide bonds. The van der Waals surface area contributed by atoms with Gasteiger partial charge in [0.05, 0.1) is 16.4 Å². The van der Waals surface area contributed by atoms with Crippen LogP contribution >= 0.6 is 27.5 Å². The normalized spacial score (nSPS) is 11.6. The van der Waals surface area contributed by atoms with E-state index in [9.17, 15) is 17.2 Å². The lowest BCUT2D eigenvalue weighted by molar-refractivity contribution is -0.0498. The highest BCUT2D eigenvalue weighted by Gasteiger charge is 2.17. The molecular weight excluding hydrogens is 344 g/mol. The van der Waals surface area contributed by atoms with Crippen LogP contribution in [0, 0.1) is 0 Å². The Morgan fingerprint density at radius 2 is 2.06 bits per heavy atom. The van der Waals surface area contributed by atoms with Gasteiger partial charge in [-0.3, -0.25) is 4.72 Å². The molecule has 96 valence electrons. The number of hydrogen-bond acceptors (Lipinski definition) is 3. The molecule has 9 heteroatoms. The van der Waals surface area contributed by atoms with Crippen molar-refractivity contribution in [2.45, 2.75) is 6.61 Å². The minimum atomic E-state index is -3.62. The summed E-state index contributed by atoms with van der Waals surface area (Å²) in [5, 5.41) is 0.171. The summed E-state index contributed by atoms with van der Waals surface area (Å²) in [7, 11) is -3.62. The van der Waals surface area contributed by atoms with Crippen molar-refractivity contribution in [2.24, 2.45) is 0 Å². The minimum absolute atomic E-state index is 0.122. The van der Waals surface area contributed by atoms with Gasteiger partial charge in [0.2, 0.25) is 10.0 Å². The van der Waals surface area contributed by atoms with E-state index in [0.29, 0.717) is 0 Å². The van der Waals surface area contributed by atoms with Crippen molar-refractivity contribution in [3.05, 3.63) is 21.6 Å². The average molecular weight is 351 g/mol. The number of benzene rings is 1. The van der Waals surface area contributed by atoms with Crippen molar-refractivity contribution in [3.63, 3.8) is 0 Å². The third-order valence-corrected chi connectivity index (χ3v) is 2.91. The van der Waals surface area contributed by atoms with E-state index in [1.54, 1.807) is 0 Å². The molecule has 0 bridgehead atoms. The standard InChI is InChI=1S/C8H7BrClF2NO3S/c1-17(14,15)13-6-3-4(10)2-5(9)7(6)16-8(11)12/h2-3,8,13H,1H3. The topological polar surface area (TPSA) is 55.4 Å². The lowest BCUT2D eigenvalue weighted by atomic mass is 10.3. The number of alkyl halides is 2. The summed E-state index contributed by atoms with van der Waals surface area (Å²) in [6.07, 6.45) is 0.883. The number of sulfonamides is 1. The number of nitrogens with one attached hydrogen (secondary N) is 1. The summed E-state index contributed by atoms with van der Waals surface area (Å²) in [6, 6.07) is 2.48. The number of halogens is 4. The van der Waals surface area contributed by atoms with Gasteiger partial charge in [0.15, 0.2) is 5.75 Å². The van der Waals surface area contributed by atoms with Gasteiger partial charge in [0, 0.05) is 5.02 Å². The first-order valence-corrected chi connectivity index (χ1v) is 7.17. The molecule has 0 saturated carbocycles. The quantitative estimate of drug-likeness (QED) is 0.908. The van der Waals surface area contributed by atoms with Crippen molar-refractivity contribution >= 4 is 43.2 Å². The molecule has 0 radical (unpaired) electrons. The summed E-state index contributed by atoms with van der Waals surface area (Å²) in [6.45, 7) is -3.08. The molecule has 0 spiro atoms. The van der Waals surface area contributed by atoms with E-state index in [1.807, 2.05) is 4.72 Å². The highest BCUT2D eigenvalue weighted by Crippen LogP contribution is 2.37. The van der Waals surface area contributed by atoms with Crippen LogP contribution in [-0.4, -0.2) is 21.3 Å². The fraction of sp³-hybridized carbons (Fsp3) is 0.250. The maximum Gasteiger partial charge on any atom is 0.387 e. The van der Waals surface area contributed by atoms with E-state index >= 15 is 0 Å². The van der Waals surface area contributed by atoms with Gasteiger partial charge in [-0.2, -0.15) is 8.78 Å². The highest BCUT2D eigenvalue weighted by atomic mass is 79.9. The molecule has 1 rings (SSSR count). The van der Waals surface area contributed by atoms with Gasteiger partial charge in [0.1, 0.15) is 0 Å². The maximum absolute atomic E-state index is 12.2. The molecule has 0 unspecified atom stereocenters. The van der Waals surface area contributed by atoms with Crippen LogP contribution in [0.25, 0.3) is 0 Å². The van der Waals surface area contributed by atoms with Crippen LogP contribution in [0.2, 0.25) is 5.02 Å². The minimum Gasteiger partial charge on any atom is -0.431 e. The largest absolute Gasteiger partial charge is 0.431 e. The van der Waals surface area contributed by atoms with Crippen LogP contribution in [0.4, 0.5) is 14.5 Å². The van der Waals surface area contributed by atoms with E-state index in [-0.39, 0.29) is 20.9 Å². The Hall–Kier alpha value is -0.600. The number of ether oxygens (including phenoxy) is 1. The first kappa shape index (κ1) is 14.5. The molecule has 1 aromatic rings. The van der Waals surface area contributed by atoms with Crippen LogP contribution in [0.5, 0.6) is 5.75 Å². The molecule has 0 atom stereocenters. The molecule has 0 aliphatic heterocycles. The molecule has 0 aromatic heterocycles. The van der Waals surface area contributed by atoms with Crippen molar-refractivity contribution in [1.29, 1.82) is 0 Å². The van der Waals surface area contributed by atoms with Gasteiger partial charge in [-0.25, -0.2) is 8.42 Å². The Kier molecular flexibility index (Phi) is 4.56. The summed E-state index contributed by atoms with van der Waals surface area (Å²) in [5.41, 5.74) is -0.160. The van der Waals surface area contributed by atoms with E-state index in [1.165, 1.54) is 12.1 Å². The monoisotopic (exact) mass is 349 g/mol. The first-order valence-electron chi connectivity index (χ1n) is 4.10. The van der Waals surface area contributed by atoms with Crippen LogP contribution in [0.15, 0.2) is 16.6 Å². The predicted octanol–water partition coefficient (Wildman–Crippen LogP) is 3.08. The third kappa shape index (κ3) is 4.64. The second-order valence-electron chi connectivity index (χ2n) is 3.02. The first-order chi connectivity index (χ1) is 7.69. The molecule has 17 heavy (non-hydrogen) atoms. The molecule has 0 saturated heterocycles. The number of anilines is 1. The van der Waals surface area contributed by atoms with Gasteiger partial charge >= 0.3 is 6.61 Å². The van der Waals surface area contributed by atoms with Gasteiger partial charge in [-0.1, -0.05) is 11.6 Å². The van der Waals surface area contributed by atoms with Crippen molar-refractivity contribution in [3.8, 4) is 5.75 Å². The molecule has 0 heterocycles. The zero-order chi connectivity index (χ0) is 13.2. The van der Waals surface area contributed by atoms with E-state index in [2.05, 4.69) is 20.7 Å². The predicted molar refractivity (Wildman–Crippen MR) is 64.3 cm³/mol. The highest BCUT2D eigenvalue weighted by molar-refractivity contribution is 9.10. The van der Waals surface area contributed by atoms with Gasteiger partial charge in [0.25, 0.3) is 0 Å². The fourth-order valence-corrected chi connectivity index (χ4v) is 2.50. The molecule has 0 fully saturated rings. The summed E-state index contributed by atoms with van der Waals surface area (Å²) < 4.78 is 52.8. The lowest BCUT2D eigenvalue weighted by Crippen LogP contribution is -2.12. The van der Waals surface area contributed by atoms with Crippen LogP contribution in [-0.2, 0) is 10.0 Å². The summed E-state index contributed by atoms with van der Waals surface area (Å²) in [5.74, 6) is -0.324. The van der Waals surface area contributed by atoms with Gasteiger partial charge in [-0.15, -0.1) is 0 Å². The van der Waals surface area contributed by atoms with Crippen LogP contribution < -0.4 is 9.46 Å². The maximum atomic E-state index is 12.2. The van der Waals surface area contributed by atoms with Crippen molar-refractivity contribution < 1.29 is 21.9 Å². The molecule has 0 aliphatic rings. The summed E-state index contributed by atoms with van der Waals surface area (Å²) in [4.78, 5) is 0. The van der Waals surface area contributed by atoms with Gasteiger partial charge < -0.3 is 4.74 Å². The Bertz CT molecular complexity index is 524. The Balaban J connectivity index is 3.25. The SMILES string of the molecule is CS(=O)(=O)Nc1cc(Cl)cc(Br)c1OC(F)F. The fourth-order valence-electron chi connectivity index (χ4n) is 1.04. The second kappa shape index (κ2) is 5.36. The van der Waals surface area contributed by atoms with Crippen LogP contribution in [0.1, 0.15) is 0 Å². The molecule has 4 nitrogen and oxygen atoms in total. The number of rotatable bonds is 4.